The number of aliphatic hydroxyl groups excluding tert-OH is 1. The standard InChI is InChI=1S/C23H24O7/c1-28-22-13-16(5-9-20(22)27)3-7-18(25)15-19(26)8-4-17-6-10-21(30-12-11-24)23(14-17)29-2/h3-10,13-14,24,27H,11-12,15H2,1-2H3/b7-3+,8-4+. The van der Waals surface area contributed by atoms with E-state index in [0.29, 0.717) is 28.4 Å². The van der Waals surface area contributed by atoms with Gasteiger partial charge >= 0.3 is 0 Å². The van der Waals surface area contributed by atoms with Crippen LogP contribution >= 0.6 is 0 Å². The molecule has 0 spiro atoms. The first-order chi connectivity index (χ1) is 14.5. The number of aliphatic hydroxyl groups is 1. The number of ketones is 2. The molecule has 0 heterocycles. The third kappa shape index (κ3) is 6.79. The van der Waals surface area contributed by atoms with Crippen LogP contribution in [-0.4, -0.2) is 49.2 Å². The van der Waals surface area contributed by atoms with Crippen molar-refractivity contribution in [3.8, 4) is 23.0 Å². The van der Waals surface area contributed by atoms with Gasteiger partial charge in [0.1, 0.15) is 6.61 Å². The summed E-state index contributed by atoms with van der Waals surface area (Å²) in [7, 11) is 2.93. The van der Waals surface area contributed by atoms with Gasteiger partial charge in [-0.2, -0.15) is 0 Å². The largest absolute Gasteiger partial charge is 0.504 e. The fraction of sp³-hybridized carbons (Fsp3) is 0.217. The van der Waals surface area contributed by atoms with Crippen LogP contribution in [0.4, 0.5) is 0 Å². The van der Waals surface area contributed by atoms with Gasteiger partial charge in [-0.25, -0.2) is 0 Å². The van der Waals surface area contributed by atoms with E-state index in [1.807, 2.05) is 0 Å². The minimum Gasteiger partial charge on any atom is -0.504 e. The molecule has 0 saturated carbocycles. The van der Waals surface area contributed by atoms with Crippen LogP contribution in [0.2, 0.25) is 0 Å². The summed E-state index contributed by atoms with van der Waals surface area (Å²) in [6, 6.07) is 9.78. The van der Waals surface area contributed by atoms with Crippen LogP contribution in [0.1, 0.15) is 17.5 Å². The Balaban J connectivity index is 1.96. The third-order valence-corrected chi connectivity index (χ3v) is 4.01. The van der Waals surface area contributed by atoms with Crippen LogP contribution in [0.3, 0.4) is 0 Å². The number of methoxy groups -OCH3 is 2. The Kier molecular flexibility index (Phi) is 8.65. The van der Waals surface area contributed by atoms with E-state index in [4.69, 9.17) is 19.3 Å². The van der Waals surface area contributed by atoms with Gasteiger partial charge in [0, 0.05) is 0 Å². The van der Waals surface area contributed by atoms with E-state index in [-0.39, 0.29) is 37.0 Å². The lowest BCUT2D eigenvalue weighted by Gasteiger charge is -2.10. The van der Waals surface area contributed by atoms with Gasteiger partial charge in [-0.1, -0.05) is 24.3 Å². The molecule has 2 N–H and O–H groups in total. The number of rotatable bonds is 11. The predicted molar refractivity (Wildman–Crippen MR) is 113 cm³/mol. The predicted octanol–water partition coefficient (Wildman–Crippen LogP) is 3.04. The molecule has 7 nitrogen and oxygen atoms in total. The summed E-state index contributed by atoms with van der Waals surface area (Å²) in [5.74, 6) is 0.579. The maximum Gasteiger partial charge on any atom is 0.163 e. The van der Waals surface area contributed by atoms with Gasteiger partial charge in [0.05, 0.1) is 27.2 Å². The minimum absolute atomic E-state index is 0.00548. The molecule has 0 saturated heterocycles. The van der Waals surface area contributed by atoms with Crippen LogP contribution in [0.15, 0.2) is 48.6 Å². The molecule has 0 aromatic heterocycles. The number of allylic oxidation sites excluding steroid dienone is 2. The summed E-state index contributed by atoms with van der Waals surface area (Å²) in [5, 5.41) is 18.4. The molecule has 0 aliphatic carbocycles. The van der Waals surface area contributed by atoms with Crippen LogP contribution in [-0.2, 0) is 9.59 Å². The lowest BCUT2D eigenvalue weighted by molar-refractivity contribution is -0.121. The highest BCUT2D eigenvalue weighted by molar-refractivity contribution is 6.10. The van der Waals surface area contributed by atoms with E-state index in [2.05, 4.69) is 0 Å². The summed E-state index contributed by atoms with van der Waals surface area (Å²) in [4.78, 5) is 24.1. The van der Waals surface area contributed by atoms with Gasteiger partial charge in [0.15, 0.2) is 34.6 Å². The first-order valence-electron chi connectivity index (χ1n) is 9.17. The van der Waals surface area contributed by atoms with E-state index in [9.17, 15) is 14.7 Å². The Morgan fingerprint density at radius 2 is 1.43 bits per heavy atom. The first kappa shape index (κ1) is 22.7. The van der Waals surface area contributed by atoms with E-state index in [0.717, 1.165) is 0 Å². The highest BCUT2D eigenvalue weighted by Gasteiger charge is 2.07. The van der Waals surface area contributed by atoms with Gasteiger partial charge < -0.3 is 24.4 Å². The van der Waals surface area contributed by atoms with Gasteiger partial charge in [-0.15, -0.1) is 0 Å². The van der Waals surface area contributed by atoms with Gasteiger partial charge in [-0.3, -0.25) is 9.59 Å². The number of hydrogen-bond acceptors (Lipinski definition) is 7. The summed E-state index contributed by atoms with van der Waals surface area (Å²) in [6.07, 6.45) is 5.52. The van der Waals surface area contributed by atoms with Crippen molar-refractivity contribution in [2.24, 2.45) is 0 Å². The monoisotopic (exact) mass is 412 g/mol. The molecular weight excluding hydrogens is 388 g/mol. The zero-order valence-corrected chi connectivity index (χ0v) is 16.8. The molecular formula is C23H24O7. The molecule has 0 aliphatic heterocycles. The number of benzene rings is 2. The summed E-state index contributed by atoms with van der Waals surface area (Å²) >= 11 is 0. The number of ether oxygens (including phenoxy) is 3. The molecule has 0 radical (unpaired) electrons. The van der Waals surface area contributed by atoms with E-state index in [1.54, 1.807) is 42.5 Å². The summed E-state index contributed by atoms with van der Waals surface area (Å²) < 4.78 is 15.6. The molecule has 0 fully saturated rings. The van der Waals surface area contributed by atoms with Crippen LogP contribution in [0.5, 0.6) is 23.0 Å². The SMILES string of the molecule is COc1cc(/C=C/C(=O)CC(=O)/C=C/c2ccc(OCCO)c(OC)c2)ccc1O. The van der Waals surface area contributed by atoms with Crippen molar-refractivity contribution >= 4 is 23.7 Å². The number of carbonyl (C=O) groups is 2. The average Bonchev–Trinajstić information content (AvgIpc) is 2.75. The highest BCUT2D eigenvalue weighted by atomic mass is 16.5. The number of phenols is 1. The number of carbonyl (C=O) groups excluding carboxylic acids is 2. The molecule has 0 aliphatic rings. The Morgan fingerprint density at radius 1 is 0.867 bits per heavy atom. The molecule has 0 unspecified atom stereocenters. The lowest BCUT2D eigenvalue weighted by atomic mass is 10.1. The lowest BCUT2D eigenvalue weighted by Crippen LogP contribution is -2.03. The number of hydrogen-bond donors (Lipinski definition) is 2. The number of phenolic OH excluding ortho intramolecular Hbond substituents is 1. The third-order valence-electron chi connectivity index (χ3n) is 4.01. The topological polar surface area (TPSA) is 102 Å². The second-order valence-electron chi connectivity index (χ2n) is 6.19. The minimum atomic E-state index is -0.345. The van der Waals surface area contributed by atoms with Crippen LogP contribution < -0.4 is 14.2 Å². The Bertz CT molecular complexity index is 945. The van der Waals surface area contributed by atoms with Crippen molar-refractivity contribution in [3.05, 3.63) is 59.7 Å². The van der Waals surface area contributed by atoms with Gasteiger partial charge in [-0.05, 0) is 47.5 Å². The number of aromatic hydroxyl groups is 1. The zero-order chi connectivity index (χ0) is 21.9. The van der Waals surface area contributed by atoms with Crippen molar-refractivity contribution < 1.29 is 34.0 Å². The average molecular weight is 412 g/mol. The Labute approximate surface area is 174 Å². The maximum absolute atomic E-state index is 12.1. The fourth-order valence-corrected chi connectivity index (χ4v) is 2.53. The molecule has 7 heteroatoms. The van der Waals surface area contributed by atoms with Crippen molar-refractivity contribution in [3.63, 3.8) is 0 Å². The highest BCUT2D eigenvalue weighted by Crippen LogP contribution is 2.28. The van der Waals surface area contributed by atoms with Crippen molar-refractivity contribution in [2.75, 3.05) is 27.4 Å². The maximum atomic E-state index is 12.1. The van der Waals surface area contributed by atoms with Crippen molar-refractivity contribution in [1.29, 1.82) is 0 Å². The normalized spacial score (nSPS) is 11.0. The second-order valence-corrected chi connectivity index (χ2v) is 6.19. The molecule has 0 atom stereocenters. The van der Waals surface area contributed by atoms with E-state index in [1.165, 1.54) is 32.4 Å². The quantitative estimate of drug-likeness (QED) is 0.432. The zero-order valence-electron chi connectivity index (χ0n) is 16.8. The summed E-state index contributed by atoms with van der Waals surface area (Å²) in [6.45, 7) is 0.0403. The van der Waals surface area contributed by atoms with Gasteiger partial charge in [0.2, 0.25) is 0 Å². The molecule has 2 rings (SSSR count). The van der Waals surface area contributed by atoms with Crippen molar-refractivity contribution in [2.45, 2.75) is 6.42 Å². The molecule has 2 aromatic carbocycles. The molecule has 158 valence electrons. The molecule has 30 heavy (non-hydrogen) atoms. The van der Waals surface area contributed by atoms with Crippen LogP contribution in [0.25, 0.3) is 12.2 Å². The van der Waals surface area contributed by atoms with Gasteiger partial charge in [0.25, 0.3) is 0 Å². The van der Waals surface area contributed by atoms with Crippen molar-refractivity contribution in [1.82, 2.24) is 0 Å². The van der Waals surface area contributed by atoms with Crippen LogP contribution in [0, 0.1) is 0 Å². The van der Waals surface area contributed by atoms with E-state index < -0.39 is 0 Å². The fourth-order valence-electron chi connectivity index (χ4n) is 2.53. The van der Waals surface area contributed by atoms with E-state index >= 15 is 0 Å². The molecule has 0 amide bonds. The second kappa shape index (κ2) is 11.4. The smallest absolute Gasteiger partial charge is 0.163 e. The summed E-state index contributed by atoms with van der Waals surface area (Å²) in [5.41, 5.74) is 1.37. The Morgan fingerprint density at radius 3 is 2.00 bits per heavy atom. The molecule has 2 aromatic rings. The molecule has 0 bridgehead atoms. The first-order valence-corrected chi connectivity index (χ1v) is 9.17. The Hall–Kier alpha value is -3.58.